The van der Waals surface area contributed by atoms with Gasteiger partial charge in [-0.25, -0.2) is 0 Å². The number of aryl methyl sites for hydroxylation is 2. The molecule has 1 saturated carbocycles. The highest BCUT2D eigenvalue weighted by Gasteiger charge is 2.38. The predicted molar refractivity (Wildman–Crippen MR) is 79.7 cm³/mol. The summed E-state index contributed by atoms with van der Waals surface area (Å²) in [7, 11) is 0. The van der Waals surface area contributed by atoms with Gasteiger partial charge in [-0.05, 0) is 33.6 Å². The highest BCUT2D eigenvalue weighted by molar-refractivity contribution is 5.21. The van der Waals surface area contributed by atoms with E-state index in [-0.39, 0.29) is 0 Å². The first-order chi connectivity index (χ1) is 9.60. The molecule has 1 unspecified atom stereocenters. The number of aromatic nitrogens is 1. The summed E-state index contributed by atoms with van der Waals surface area (Å²) >= 11 is 0. The summed E-state index contributed by atoms with van der Waals surface area (Å²) in [6.45, 7) is 9.64. The van der Waals surface area contributed by atoms with E-state index in [1.807, 2.05) is 6.92 Å². The molecule has 4 nitrogen and oxygen atoms in total. The van der Waals surface area contributed by atoms with E-state index >= 15 is 0 Å². The van der Waals surface area contributed by atoms with Crippen molar-refractivity contribution in [1.82, 2.24) is 15.4 Å². The van der Waals surface area contributed by atoms with Gasteiger partial charge in [0.2, 0.25) is 0 Å². The Labute approximate surface area is 121 Å². The standard InChI is InChI=1S/C16H27N3O/c1-12-9-17-16(7-5-4-6-8-16)11-19(12)10-15-13(2)18-20-14(15)3/h12,17H,4-11H2,1-3H3. The lowest BCUT2D eigenvalue weighted by atomic mass is 9.79. The molecule has 112 valence electrons. The Balaban J connectivity index is 1.74. The summed E-state index contributed by atoms with van der Waals surface area (Å²) in [6, 6.07) is 0.580. The molecule has 20 heavy (non-hydrogen) atoms. The predicted octanol–water partition coefficient (Wildman–Crippen LogP) is 2.79. The monoisotopic (exact) mass is 277 g/mol. The highest BCUT2D eigenvalue weighted by Crippen LogP contribution is 2.32. The molecule has 3 rings (SSSR count). The summed E-state index contributed by atoms with van der Waals surface area (Å²) < 4.78 is 5.32. The average Bonchev–Trinajstić information content (AvgIpc) is 2.76. The van der Waals surface area contributed by atoms with Gasteiger partial charge in [0, 0.05) is 36.8 Å². The SMILES string of the molecule is Cc1noc(C)c1CN1CC2(CCCCC2)NCC1C. The zero-order chi connectivity index (χ0) is 14.2. The zero-order valence-electron chi connectivity index (χ0n) is 13.0. The molecule has 1 atom stereocenters. The highest BCUT2D eigenvalue weighted by atomic mass is 16.5. The van der Waals surface area contributed by atoms with E-state index in [2.05, 4.69) is 29.2 Å². The van der Waals surface area contributed by atoms with Crippen LogP contribution in [0.5, 0.6) is 0 Å². The molecule has 4 heteroatoms. The third kappa shape index (κ3) is 2.63. The second-order valence-electron chi connectivity index (χ2n) is 6.78. The molecule has 1 saturated heterocycles. The number of hydrogen-bond acceptors (Lipinski definition) is 4. The number of piperazine rings is 1. The minimum Gasteiger partial charge on any atom is -0.361 e. The van der Waals surface area contributed by atoms with Crippen molar-refractivity contribution in [3.63, 3.8) is 0 Å². The van der Waals surface area contributed by atoms with Crippen molar-refractivity contribution in [3.05, 3.63) is 17.0 Å². The molecule has 1 aromatic rings. The van der Waals surface area contributed by atoms with Gasteiger partial charge in [-0.15, -0.1) is 0 Å². The number of nitrogens with zero attached hydrogens (tertiary/aromatic N) is 2. The van der Waals surface area contributed by atoms with E-state index in [0.29, 0.717) is 11.6 Å². The van der Waals surface area contributed by atoms with E-state index in [4.69, 9.17) is 4.52 Å². The molecular weight excluding hydrogens is 250 g/mol. The lowest BCUT2D eigenvalue weighted by Gasteiger charge is -2.49. The van der Waals surface area contributed by atoms with Crippen molar-refractivity contribution in [1.29, 1.82) is 0 Å². The topological polar surface area (TPSA) is 41.3 Å². The van der Waals surface area contributed by atoms with Gasteiger partial charge >= 0.3 is 0 Å². The molecule has 1 spiro atoms. The van der Waals surface area contributed by atoms with E-state index in [1.54, 1.807) is 0 Å². The van der Waals surface area contributed by atoms with Crippen molar-refractivity contribution >= 4 is 0 Å². The van der Waals surface area contributed by atoms with Crippen LogP contribution in [0.15, 0.2) is 4.52 Å². The van der Waals surface area contributed by atoms with Crippen molar-refractivity contribution in [2.24, 2.45) is 0 Å². The Kier molecular flexibility index (Phi) is 3.87. The van der Waals surface area contributed by atoms with Crippen LogP contribution in [-0.4, -0.2) is 34.7 Å². The number of nitrogens with one attached hydrogen (secondary N) is 1. The number of hydrogen-bond donors (Lipinski definition) is 1. The Morgan fingerprint density at radius 2 is 2.05 bits per heavy atom. The molecule has 2 heterocycles. The van der Waals surface area contributed by atoms with Crippen LogP contribution in [0, 0.1) is 13.8 Å². The van der Waals surface area contributed by atoms with E-state index in [0.717, 1.165) is 31.1 Å². The minimum absolute atomic E-state index is 0.365. The maximum Gasteiger partial charge on any atom is 0.138 e. The van der Waals surface area contributed by atoms with Gasteiger partial charge in [0.25, 0.3) is 0 Å². The first-order valence-electron chi connectivity index (χ1n) is 8.00. The second kappa shape index (κ2) is 5.49. The summed E-state index contributed by atoms with van der Waals surface area (Å²) in [5.74, 6) is 0.978. The minimum atomic E-state index is 0.365. The van der Waals surface area contributed by atoms with Gasteiger partial charge in [0.15, 0.2) is 0 Å². The molecule has 2 fully saturated rings. The van der Waals surface area contributed by atoms with Crippen LogP contribution in [-0.2, 0) is 6.54 Å². The Bertz CT molecular complexity index is 443. The third-order valence-electron chi connectivity index (χ3n) is 5.25. The van der Waals surface area contributed by atoms with Crippen molar-refractivity contribution in [2.45, 2.75) is 71.0 Å². The Hall–Kier alpha value is -0.870. The number of rotatable bonds is 2. The van der Waals surface area contributed by atoms with Gasteiger partial charge in [-0.3, -0.25) is 4.90 Å². The van der Waals surface area contributed by atoms with E-state index in [9.17, 15) is 0 Å². The molecule has 1 aromatic heterocycles. The molecule has 2 aliphatic rings. The van der Waals surface area contributed by atoms with Gasteiger partial charge in [-0.1, -0.05) is 24.4 Å². The fraction of sp³-hybridized carbons (Fsp3) is 0.812. The largest absolute Gasteiger partial charge is 0.361 e. The normalized spacial score (nSPS) is 27.1. The lowest BCUT2D eigenvalue weighted by molar-refractivity contribution is 0.0569. The average molecular weight is 277 g/mol. The molecular formula is C16H27N3O. The smallest absolute Gasteiger partial charge is 0.138 e. The fourth-order valence-electron chi connectivity index (χ4n) is 3.80. The Morgan fingerprint density at radius 3 is 2.70 bits per heavy atom. The van der Waals surface area contributed by atoms with Gasteiger partial charge in [0.05, 0.1) is 5.69 Å². The lowest BCUT2D eigenvalue weighted by Crippen LogP contribution is -2.63. The molecule has 0 aromatic carbocycles. The van der Waals surface area contributed by atoms with Crippen molar-refractivity contribution in [3.8, 4) is 0 Å². The first-order valence-corrected chi connectivity index (χ1v) is 8.00. The summed E-state index contributed by atoms with van der Waals surface area (Å²) in [6.07, 6.45) is 6.82. The first kappa shape index (κ1) is 14.1. The molecule has 1 aliphatic heterocycles. The van der Waals surface area contributed by atoms with Crippen LogP contribution in [0.2, 0.25) is 0 Å². The van der Waals surface area contributed by atoms with Gasteiger partial charge in [0.1, 0.15) is 5.76 Å². The zero-order valence-corrected chi connectivity index (χ0v) is 13.0. The molecule has 0 amide bonds. The molecule has 1 N–H and O–H groups in total. The van der Waals surface area contributed by atoms with Gasteiger partial charge < -0.3 is 9.84 Å². The maximum absolute atomic E-state index is 5.32. The summed E-state index contributed by atoms with van der Waals surface area (Å²) in [5.41, 5.74) is 2.69. The van der Waals surface area contributed by atoms with Crippen LogP contribution >= 0.6 is 0 Å². The quantitative estimate of drug-likeness (QED) is 0.902. The second-order valence-corrected chi connectivity index (χ2v) is 6.78. The van der Waals surface area contributed by atoms with Crippen molar-refractivity contribution in [2.75, 3.05) is 13.1 Å². The summed E-state index contributed by atoms with van der Waals surface area (Å²) in [4.78, 5) is 2.62. The summed E-state index contributed by atoms with van der Waals surface area (Å²) in [5, 5.41) is 7.94. The maximum atomic E-state index is 5.32. The fourth-order valence-corrected chi connectivity index (χ4v) is 3.80. The Morgan fingerprint density at radius 1 is 1.30 bits per heavy atom. The van der Waals surface area contributed by atoms with Crippen molar-refractivity contribution < 1.29 is 4.52 Å². The molecule has 1 aliphatic carbocycles. The van der Waals surface area contributed by atoms with Crippen LogP contribution in [0.3, 0.4) is 0 Å². The van der Waals surface area contributed by atoms with Crippen LogP contribution in [0.4, 0.5) is 0 Å². The molecule has 0 radical (unpaired) electrons. The third-order valence-corrected chi connectivity index (χ3v) is 5.25. The molecule has 0 bridgehead atoms. The van der Waals surface area contributed by atoms with E-state index in [1.165, 1.54) is 37.7 Å². The van der Waals surface area contributed by atoms with E-state index < -0.39 is 0 Å². The van der Waals surface area contributed by atoms with Gasteiger partial charge in [-0.2, -0.15) is 0 Å². The van der Waals surface area contributed by atoms with Crippen LogP contribution in [0.1, 0.15) is 56.0 Å². The van der Waals surface area contributed by atoms with Crippen LogP contribution < -0.4 is 5.32 Å². The van der Waals surface area contributed by atoms with Crippen LogP contribution in [0.25, 0.3) is 0 Å².